The number of benzene rings is 2. The first-order chi connectivity index (χ1) is 15.1. The Kier molecular flexibility index (Phi) is 8.63. The molecule has 0 saturated carbocycles. The Morgan fingerprint density at radius 2 is 1.73 bits per heavy atom. The first kappa shape index (κ1) is 26.8. The van der Waals surface area contributed by atoms with Crippen molar-refractivity contribution in [2.45, 2.75) is 16.0 Å². The second kappa shape index (κ2) is 10.6. The molecule has 1 heterocycles. The Morgan fingerprint density at radius 1 is 1.06 bits per heavy atom. The summed E-state index contributed by atoms with van der Waals surface area (Å²) in [5, 5.41) is 3.45. The fourth-order valence-corrected chi connectivity index (χ4v) is 4.29. The summed E-state index contributed by atoms with van der Waals surface area (Å²) in [5.41, 5.74) is 0.633. The van der Waals surface area contributed by atoms with Crippen molar-refractivity contribution in [1.82, 2.24) is 14.7 Å². The predicted molar refractivity (Wildman–Crippen MR) is 123 cm³/mol. The number of anilines is 2. The maximum Gasteiger partial charge on any atom is 0.398 e. The second-order valence-corrected chi connectivity index (χ2v) is 9.24. The molecule has 0 aliphatic carbocycles. The van der Waals surface area contributed by atoms with Gasteiger partial charge < -0.3 is 14.8 Å². The van der Waals surface area contributed by atoms with Crippen LogP contribution < -0.4 is 19.5 Å². The minimum atomic E-state index is -4.40. The number of thioether (sulfide) groups is 1. The van der Waals surface area contributed by atoms with Crippen molar-refractivity contribution in [2.24, 2.45) is 0 Å². The highest BCUT2D eigenvalue weighted by Crippen LogP contribution is 2.38. The number of ether oxygens (including phenoxy) is 2. The molecule has 0 radical (unpaired) electrons. The molecule has 3 rings (SSSR count). The van der Waals surface area contributed by atoms with Crippen molar-refractivity contribution in [2.75, 3.05) is 32.3 Å². The SMILES string of the molecule is CNS(=O)(=O)c1ccc(SCC(F)(F)F)c(Nc2ncnc3cc(OC)c(OC)cc23)c1.Cl. The van der Waals surface area contributed by atoms with Crippen molar-refractivity contribution in [3.63, 3.8) is 0 Å². The van der Waals surface area contributed by atoms with Crippen LogP contribution in [-0.2, 0) is 10.0 Å². The Hall–Kier alpha value is -2.48. The summed E-state index contributed by atoms with van der Waals surface area (Å²) in [7, 11) is 0.347. The summed E-state index contributed by atoms with van der Waals surface area (Å²) in [6.45, 7) is 0. The van der Waals surface area contributed by atoms with Crippen LogP contribution in [0.2, 0.25) is 0 Å². The summed E-state index contributed by atoms with van der Waals surface area (Å²) in [4.78, 5) is 8.45. The van der Waals surface area contributed by atoms with Gasteiger partial charge in [0.2, 0.25) is 10.0 Å². The zero-order valence-electron chi connectivity index (χ0n) is 17.6. The number of halogens is 4. The van der Waals surface area contributed by atoms with Crippen molar-refractivity contribution < 1.29 is 31.1 Å². The number of hydrogen-bond donors (Lipinski definition) is 2. The van der Waals surface area contributed by atoms with Crippen LogP contribution in [0.5, 0.6) is 11.5 Å². The number of methoxy groups -OCH3 is 2. The van der Waals surface area contributed by atoms with E-state index in [1.54, 1.807) is 12.1 Å². The van der Waals surface area contributed by atoms with E-state index < -0.39 is 22.0 Å². The molecule has 0 amide bonds. The number of hydrogen-bond acceptors (Lipinski definition) is 8. The van der Waals surface area contributed by atoms with Crippen LogP contribution in [0.15, 0.2) is 46.5 Å². The van der Waals surface area contributed by atoms with Gasteiger partial charge in [-0.25, -0.2) is 23.1 Å². The molecule has 8 nitrogen and oxygen atoms in total. The van der Waals surface area contributed by atoms with Gasteiger partial charge in [-0.1, -0.05) is 0 Å². The molecule has 2 N–H and O–H groups in total. The number of sulfonamides is 1. The summed E-state index contributed by atoms with van der Waals surface area (Å²) >= 11 is 0.528. The quantitative estimate of drug-likeness (QED) is 0.419. The van der Waals surface area contributed by atoms with Gasteiger partial charge in [-0.3, -0.25) is 0 Å². The minimum absolute atomic E-state index is 0. The molecule has 0 aliphatic rings. The maximum absolute atomic E-state index is 12.8. The smallest absolute Gasteiger partial charge is 0.398 e. The molecule has 180 valence electrons. The lowest BCUT2D eigenvalue weighted by Crippen LogP contribution is -2.18. The van der Waals surface area contributed by atoms with E-state index in [-0.39, 0.29) is 33.7 Å². The Bertz CT molecular complexity index is 1240. The average molecular weight is 525 g/mol. The van der Waals surface area contributed by atoms with Gasteiger partial charge in [-0.05, 0) is 31.3 Å². The lowest BCUT2D eigenvalue weighted by Gasteiger charge is -2.16. The number of alkyl halides is 3. The van der Waals surface area contributed by atoms with Crippen LogP contribution >= 0.6 is 24.2 Å². The van der Waals surface area contributed by atoms with Gasteiger partial charge in [0.25, 0.3) is 0 Å². The average Bonchev–Trinajstić information content (AvgIpc) is 2.76. The van der Waals surface area contributed by atoms with Gasteiger partial charge in [0.1, 0.15) is 12.1 Å². The first-order valence-corrected chi connectivity index (χ1v) is 11.5. The molecule has 3 aromatic rings. The van der Waals surface area contributed by atoms with E-state index in [1.165, 1.54) is 45.8 Å². The van der Waals surface area contributed by atoms with E-state index in [2.05, 4.69) is 20.0 Å². The van der Waals surface area contributed by atoms with Crippen molar-refractivity contribution in [3.8, 4) is 11.5 Å². The summed E-state index contributed by atoms with van der Waals surface area (Å²) in [5.74, 6) is -0.0527. The summed E-state index contributed by atoms with van der Waals surface area (Å²) in [6.07, 6.45) is -3.13. The lowest BCUT2D eigenvalue weighted by molar-refractivity contribution is -0.105. The summed E-state index contributed by atoms with van der Waals surface area (Å²) < 4.78 is 75.6. The van der Waals surface area contributed by atoms with Crippen molar-refractivity contribution >= 4 is 56.6 Å². The zero-order valence-corrected chi connectivity index (χ0v) is 20.0. The van der Waals surface area contributed by atoms with Gasteiger partial charge >= 0.3 is 6.18 Å². The largest absolute Gasteiger partial charge is 0.493 e. The molecule has 0 fully saturated rings. The Labute approximate surface area is 198 Å². The van der Waals surface area contributed by atoms with E-state index in [0.29, 0.717) is 34.2 Å². The standard InChI is InChI=1S/C19H19F3N4O4S2.ClH/c1-23-32(27,28)11-4-5-17(31-9-19(20,21)22)14(6-11)26-18-12-7-15(29-2)16(30-3)8-13(12)24-10-25-18;/h4-8,10,23H,9H2,1-3H3,(H,24,25,26);1H. The Morgan fingerprint density at radius 3 is 2.33 bits per heavy atom. The van der Waals surface area contributed by atoms with Crippen LogP contribution in [0.1, 0.15) is 0 Å². The molecule has 33 heavy (non-hydrogen) atoms. The van der Waals surface area contributed by atoms with E-state index in [4.69, 9.17) is 9.47 Å². The molecule has 0 atom stereocenters. The van der Waals surface area contributed by atoms with Crippen LogP contribution in [-0.4, -0.2) is 51.6 Å². The van der Waals surface area contributed by atoms with Gasteiger partial charge in [0.15, 0.2) is 11.5 Å². The molecule has 1 aromatic heterocycles. The molecular formula is C19H20ClF3N4O4S2. The van der Waals surface area contributed by atoms with Gasteiger partial charge in [-0.2, -0.15) is 13.2 Å². The van der Waals surface area contributed by atoms with Crippen LogP contribution in [0.4, 0.5) is 24.7 Å². The number of aromatic nitrogens is 2. The molecule has 0 aliphatic heterocycles. The predicted octanol–water partition coefficient (Wildman–Crippen LogP) is 4.37. The van der Waals surface area contributed by atoms with Gasteiger partial charge in [-0.15, -0.1) is 24.2 Å². The lowest BCUT2D eigenvalue weighted by atomic mass is 10.2. The highest BCUT2D eigenvalue weighted by molar-refractivity contribution is 7.99. The van der Waals surface area contributed by atoms with Crippen LogP contribution in [0, 0.1) is 0 Å². The Balaban J connectivity index is 0.00000385. The van der Waals surface area contributed by atoms with E-state index in [9.17, 15) is 21.6 Å². The molecule has 0 saturated heterocycles. The zero-order chi connectivity index (χ0) is 23.5. The topological polar surface area (TPSA) is 102 Å². The normalized spacial score (nSPS) is 11.7. The molecule has 0 spiro atoms. The van der Waals surface area contributed by atoms with Crippen molar-refractivity contribution in [3.05, 3.63) is 36.7 Å². The highest BCUT2D eigenvalue weighted by atomic mass is 35.5. The second-order valence-electron chi connectivity index (χ2n) is 6.34. The summed E-state index contributed by atoms with van der Waals surface area (Å²) in [6, 6.07) is 7.05. The number of nitrogens with one attached hydrogen (secondary N) is 2. The van der Waals surface area contributed by atoms with Gasteiger partial charge in [0.05, 0.1) is 36.1 Å². The fraction of sp³-hybridized carbons (Fsp3) is 0.263. The monoisotopic (exact) mass is 524 g/mol. The van der Waals surface area contributed by atoms with Gasteiger partial charge in [0, 0.05) is 16.3 Å². The minimum Gasteiger partial charge on any atom is -0.493 e. The molecule has 14 heteroatoms. The number of nitrogens with zero attached hydrogens (tertiary/aromatic N) is 2. The van der Waals surface area contributed by atoms with E-state index in [0.717, 1.165) is 0 Å². The fourth-order valence-electron chi connectivity index (χ4n) is 2.79. The van der Waals surface area contributed by atoms with Crippen LogP contribution in [0.25, 0.3) is 10.9 Å². The van der Waals surface area contributed by atoms with E-state index >= 15 is 0 Å². The third-order valence-corrected chi connectivity index (χ3v) is 6.87. The maximum atomic E-state index is 12.8. The molecular weight excluding hydrogens is 505 g/mol. The van der Waals surface area contributed by atoms with E-state index in [1.807, 2.05) is 0 Å². The molecule has 2 aromatic carbocycles. The number of fused-ring (bicyclic) bond motifs is 1. The first-order valence-electron chi connectivity index (χ1n) is 8.99. The van der Waals surface area contributed by atoms with Crippen LogP contribution in [0.3, 0.4) is 0 Å². The third kappa shape index (κ3) is 6.31. The number of rotatable bonds is 8. The highest BCUT2D eigenvalue weighted by Gasteiger charge is 2.28. The molecule has 0 unspecified atom stereocenters. The molecule has 0 bridgehead atoms. The third-order valence-electron chi connectivity index (χ3n) is 4.32. The van der Waals surface area contributed by atoms with Crippen molar-refractivity contribution in [1.29, 1.82) is 0 Å².